The summed E-state index contributed by atoms with van der Waals surface area (Å²) in [5.41, 5.74) is 6.80. The molecule has 1 aromatic carbocycles. The normalized spacial score (nSPS) is 10.8. The molecular weight excluding hydrogens is 238 g/mol. The fourth-order valence-electron chi connectivity index (χ4n) is 1.97. The SMILES string of the molecule is CCCCCCCCCSc1ccc(CN)cc1. The Morgan fingerprint density at radius 1 is 0.889 bits per heavy atom. The number of rotatable bonds is 10. The predicted molar refractivity (Wildman–Crippen MR) is 83.1 cm³/mol. The first-order valence-electron chi connectivity index (χ1n) is 7.28. The van der Waals surface area contributed by atoms with Crippen LogP contribution in [-0.2, 0) is 6.54 Å². The van der Waals surface area contributed by atoms with Crippen LogP contribution in [0.1, 0.15) is 57.4 Å². The summed E-state index contributed by atoms with van der Waals surface area (Å²) in [4.78, 5) is 1.37. The number of thioether (sulfide) groups is 1. The molecule has 0 heterocycles. The van der Waals surface area contributed by atoms with E-state index in [1.165, 1.54) is 61.2 Å². The molecule has 0 unspecified atom stereocenters. The van der Waals surface area contributed by atoms with Gasteiger partial charge in [0.15, 0.2) is 0 Å². The Morgan fingerprint density at radius 2 is 1.50 bits per heavy atom. The summed E-state index contributed by atoms with van der Waals surface area (Å²) in [6, 6.07) is 8.64. The molecule has 1 aromatic rings. The molecule has 0 atom stereocenters. The lowest BCUT2D eigenvalue weighted by Crippen LogP contribution is -1.95. The third-order valence-electron chi connectivity index (χ3n) is 3.18. The molecule has 0 amide bonds. The molecule has 0 bridgehead atoms. The maximum Gasteiger partial charge on any atom is 0.0178 e. The molecule has 102 valence electrons. The maximum absolute atomic E-state index is 5.58. The van der Waals surface area contributed by atoms with Crippen molar-refractivity contribution in [3.63, 3.8) is 0 Å². The second kappa shape index (κ2) is 10.5. The van der Waals surface area contributed by atoms with Crippen molar-refractivity contribution in [3.8, 4) is 0 Å². The highest BCUT2D eigenvalue weighted by Gasteiger charge is 1.95. The van der Waals surface area contributed by atoms with Crippen molar-refractivity contribution in [2.45, 2.75) is 63.3 Å². The van der Waals surface area contributed by atoms with Gasteiger partial charge in [-0.15, -0.1) is 11.8 Å². The molecule has 1 nitrogen and oxygen atoms in total. The average molecular weight is 265 g/mol. The molecule has 0 saturated carbocycles. The van der Waals surface area contributed by atoms with Crippen LogP contribution in [0, 0.1) is 0 Å². The number of benzene rings is 1. The van der Waals surface area contributed by atoms with E-state index in [2.05, 4.69) is 31.2 Å². The fourth-order valence-corrected chi connectivity index (χ4v) is 2.88. The van der Waals surface area contributed by atoms with Crippen LogP contribution < -0.4 is 5.73 Å². The van der Waals surface area contributed by atoms with E-state index >= 15 is 0 Å². The van der Waals surface area contributed by atoms with Gasteiger partial charge >= 0.3 is 0 Å². The molecule has 0 aromatic heterocycles. The van der Waals surface area contributed by atoms with Crippen LogP contribution in [0.3, 0.4) is 0 Å². The second-order valence-corrected chi connectivity index (χ2v) is 5.99. The summed E-state index contributed by atoms with van der Waals surface area (Å²) in [6.45, 7) is 2.91. The largest absolute Gasteiger partial charge is 0.326 e. The van der Waals surface area contributed by atoms with Crippen LogP contribution in [0.2, 0.25) is 0 Å². The Balaban J connectivity index is 2.00. The summed E-state index contributed by atoms with van der Waals surface area (Å²) in [7, 11) is 0. The summed E-state index contributed by atoms with van der Waals surface area (Å²) < 4.78 is 0. The van der Waals surface area contributed by atoms with Gasteiger partial charge in [-0.25, -0.2) is 0 Å². The monoisotopic (exact) mass is 265 g/mol. The van der Waals surface area contributed by atoms with E-state index < -0.39 is 0 Å². The van der Waals surface area contributed by atoms with Crippen molar-refractivity contribution in [2.24, 2.45) is 5.73 Å². The van der Waals surface area contributed by atoms with Gasteiger partial charge in [-0.3, -0.25) is 0 Å². The first kappa shape index (κ1) is 15.6. The van der Waals surface area contributed by atoms with Crippen molar-refractivity contribution < 1.29 is 0 Å². The summed E-state index contributed by atoms with van der Waals surface area (Å²) in [5.74, 6) is 1.25. The highest BCUT2D eigenvalue weighted by atomic mass is 32.2. The molecule has 0 spiro atoms. The van der Waals surface area contributed by atoms with Crippen LogP contribution in [-0.4, -0.2) is 5.75 Å². The number of unbranched alkanes of at least 4 members (excludes halogenated alkanes) is 6. The second-order valence-electron chi connectivity index (χ2n) is 4.82. The molecule has 0 aliphatic heterocycles. The molecule has 0 radical (unpaired) electrons. The van der Waals surface area contributed by atoms with Crippen LogP contribution in [0.4, 0.5) is 0 Å². The molecule has 0 saturated heterocycles. The van der Waals surface area contributed by atoms with Gasteiger partial charge in [0.1, 0.15) is 0 Å². The van der Waals surface area contributed by atoms with Gasteiger partial charge in [-0.2, -0.15) is 0 Å². The number of nitrogens with two attached hydrogens (primary N) is 1. The zero-order chi connectivity index (χ0) is 13.1. The zero-order valence-corrected chi connectivity index (χ0v) is 12.5. The first-order chi connectivity index (χ1) is 8.86. The quantitative estimate of drug-likeness (QED) is 0.476. The van der Waals surface area contributed by atoms with Gasteiger partial charge in [0.2, 0.25) is 0 Å². The Morgan fingerprint density at radius 3 is 2.11 bits per heavy atom. The van der Waals surface area contributed by atoms with Crippen molar-refractivity contribution in [3.05, 3.63) is 29.8 Å². The van der Waals surface area contributed by atoms with E-state index in [9.17, 15) is 0 Å². The van der Waals surface area contributed by atoms with Gasteiger partial charge in [-0.1, -0.05) is 57.6 Å². The molecule has 1 rings (SSSR count). The fraction of sp³-hybridized carbons (Fsp3) is 0.625. The molecular formula is C16H27NS. The van der Waals surface area contributed by atoms with Crippen molar-refractivity contribution in [2.75, 3.05) is 5.75 Å². The molecule has 0 aliphatic carbocycles. The maximum atomic E-state index is 5.58. The molecule has 2 heteroatoms. The smallest absolute Gasteiger partial charge is 0.0178 e. The van der Waals surface area contributed by atoms with Gasteiger partial charge in [0, 0.05) is 11.4 Å². The molecule has 0 fully saturated rings. The highest BCUT2D eigenvalue weighted by Crippen LogP contribution is 2.20. The van der Waals surface area contributed by atoms with E-state index in [1.807, 2.05) is 11.8 Å². The van der Waals surface area contributed by atoms with Crippen LogP contribution in [0.15, 0.2) is 29.2 Å². The summed E-state index contributed by atoms with van der Waals surface area (Å²) in [5, 5.41) is 0. The van der Waals surface area contributed by atoms with Crippen LogP contribution in [0.5, 0.6) is 0 Å². The van der Waals surface area contributed by atoms with Gasteiger partial charge in [-0.05, 0) is 29.9 Å². The summed E-state index contributed by atoms with van der Waals surface area (Å²) in [6.07, 6.45) is 9.73. The molecule has 2 N–H and O–H groups in total. The van der Waals surface area contributed by atoms with Gasteiger partial charge in [0.05, 0.1) is 0 Å². The van der Waals surface area contributed by atoms with Crippen molar-refractivity contribution in [1.29, 1.82) is 0 Å². The Hall–Kier alpha value is -0.470. The lowest BCUT2D eigenvalue weighted by molar-refractivity contribution is 0.603. The molecule has 0 aliphatic rings. The Kier molecular flexibility index (Phi) is 9.05. The zero-order valence-electron chi connectivity index (χ0n) is 11.7. The van der Waals surface area contributed by atoms with E-state index in [0.717, 1.165) is 0 Å². The Labute approximate surface area is 117 Å². The number of hydrogen-bond acceptors (Lipinski definition) is 2. The minimum atomic E-state index is 0.642. The average Bonchev–Trinajstić information content (AvgIpc) is 2.42. The minimum Gasteiger partial charge on any atom is -0.326 e. The van der Waals surface area contributed by atoms with E-state index in [4.69, 9.17) is 5.73 Å². The topological polar surface area (TPSA) is 26.0 Å². The van der Waals surface area contributed by atoms with E-state index in [1.54, 1.807) is 0 Å². The number of hydrogen-bond donors (Lipinski definition) is 1. The minimum absolute atomic E-state index is 0.642. The van der Waals surface area contributed by atoms with Crippen molar-refractivity contribution in [1.82, 2.24) is 0 Å². The van der Waals surface area contributed by atoms with Gasteiger partial charge < -0.3 is 5.73 Å². The van der Waals surface area contributed by atoms with Crippen LogP contribution >= 0.6 is 11.8 Å². The van der Waals surface area contributed by atoms with Gasteiger partial charge in [0.25, 0.3) is 0 Å². The third-order valence-corrected chi connectivity index (χ3v) is 4.27. The van der Waals surface area contributed by atoms with E-state index in [0.29, 0.717) is 6.54 Å². The van der Waals surface area contributed by atoms with Crippen molar-refractivity contribution >= 4 is 11.8 Å². The standard InChI is InChI=1S/C16H27NS/c1-2-3-4-5-6-7-8-13-18-16-11-9-15(14-17)10-12-16/h9-12H,2-8,13-14,17H2,1H3. The molecule has 18 heavy (non-hydrogen) atoms. The first-order valence-corrected chi connectivity index (χ1v) is 8.27. The predicted octanol–water partition coefficient (Wildman–Crippen LogP) is 4.99. The highest BCUT2D eigenvalue weighted by molar-refractivity contribution is 7.99. The van der Waals surface area contributed by atoms with E-state index in [-0.39, 0.29) is 0 Å². The summed E-state index contributed by atoms with van der Waals surface area (Å²) >= 11 is 1.97. The lowest BCUT2D eigenvalue weighted by Gasteiger charge is -2.03. The Bertz CT molecular complexity index is 294. The third kappa shape index (κ3) is 7.07. The lowest BCUT2D eigenvalue weighted by atomic mass is 10.1. The van der Waals surface area contributed by atoms with Crippen LogP contribution in [0.25, 0.3) is 0 Å².